The molecule has 0 bridgehead atoms. The molecule has 0 spiro atoms. The highest BCUT2D eigenvalue weighted by atomic mass is 79.9. The Hall–Kier alpha value is -4.82. The summed E-state index contributed by atoms with van der Waals surface area (Å²) in [5.41, 5.74) is 5.88. The van der Waals surface area contributed by atoms with E-state index >= 15 is 0 Å². The Bertz CT molecular complexity index is 1730. The van der Waals surface area contributed by atoms with Crippen molar-refractivity contribution in [2.24, 2.45) is 5.10 Å². The Kier molecular flexibility index (Phi) is 9.92. The number of fused-ring (bicyclic) bond motifs is 1. The molecule has 5 aromatic rings. The lowest BCUT2D eigenvalue weighted by atomic mass is 10.0. The van der Waals surface area contributed by atoms with Gasteiger partial charge in [0.25, 0.3) is 5.91 Å². The number of nitrogens with zero attached hydrogens (tertiary/aromatic N) is 1. The second-order valence-electron chi connectivity index (χ2n) is 9.54. The molecular weight excluding hydrogens is 608 g/mol. The van der Waals surface area contributed by atoms with Gasteiger partial charge in [0, 0.05) is 5.56 Å². The molecular formula is C35H31BrN2O5. The smallest absolute Gasteiger partial charge is 0.271 e. The minimum atomic E-state index is -0.290. The highest BCUT2D eigenvalue weighted by molar-refractivity contribution is 9.10. The fourth-order valence-electron chi connectivity index (χ4n) is 4.52. The van der Waals surface area contributed by atoms with Gasteiger partial charge in [0.2, 0.25) is 0 Å². The van der Waals surface area contributed by atoms with Crippen LogP contribution in [-0.2, 0) is 13.2 Å². The van der Waals surface area contributed by atoms with Crippen molar-refractivity contribution in [1.29, 1.82) is 0 Å². The number of nitrogens with one attached hydrogen (secondary N) is 1. The molecule has 0 saturated carbocycles. The predicted molar refractivity (Wildman–Crippen MR) is 172 cm³/mol. The Balaban J connectivity index is 1.25. The molecule has 0 fully saturated rings. The first-order valence-corrected chi connectivity index (χ1v) is 14.6. The van der Waals surface area contributed by atoms with Gasteiger partial charge in [0.05, 0.1) is 24.4 Å². The summed E-state index contributed by atoms with van der Waals surface area (Å²) in [7, 11) is 1.57. The topological polar surface area (TPSA) is 78.4 Å². The second-order valence-corrected chi connectivity index (χ2v) is 10.4. The summed E-state index contributed by atoms with van der Waals surface area (Å²) in [4.78, 5) is 12.8. The van der Waals surface area contributed by atoms with Crippen LogP contribution in [0.25, 0.3) is 10.8 Å². The molecule has 7 nitrogen and oxygen atoms in total. The van der Waals surface area contributed by atoms with Gasteiger partial charge in [-0.1, -0.05) is 72.8 Å². The number of carbonyl (C=O) groups is 1. The average molecular weight is 640 g/mol. The number of benzene rings is 5. The number of hydrogen-bond acceptors (Lipinski definition) is 6. The predicted octanol–water partition coefficient (Wildman–Crippen LogP) is 7.93. The van der Waals surface area contributed by atoms with Gasteiger partial charge in [0.1, 0.15) is 13.2 Å². The van der Waals surface area contributed by atoms with Crippen LogP contribution in [0, 0.1) is 0 Å². The first kappa shape index (κ1) is 29.7. The quantitative estimate of drug-likeness (QED) is 0.111. The monoisotopic (exact) mass is 638 g/mol. The van der Waals surface area contributed by atoms with Crippen molar-refractivity contribution < 1.29 is 23.7 Å². The van der Waals surface area contributed by atoms with Crippen molar-refractivity contribution >= 4 is 38.8 Å². The fourth-order valence-corrected chi connectivity index (χ4v) is 5.10. The maximum absolute atomic E-state index is 12.8. The summed E-state index contributed by atoms with van der Waals surface area (Å²) in [6.45, 7) is 3.18. The number of carbonyl (C=O) groups excluding carboxylic acids is 1. The minimum Gasteiger partial charge on any atom is -0.493 e. The van der Waals surface area contributed by atoms with Gasteiger partial charge in [-0.3, -0.25) is 4.79 Å². The number of hydrogen-bond donors (Lipinski definition) is 1. The van der Waals surface area contributed by atoms with E-state index in [1.165, 1.54) is 0 Å². The van der Waals surface area contributed by atoms with Crippen LogP contribution in [0.4, 0.5) is 0 Å². The number of methoxy groups -OCH3 is 1. The van der Waals surface area contributed by atoms with Gasteiger partial charge in [-0.2, -0.15) is 5.10 Å². The van der Waals surface area contributed by atoms with Crippen molar-refractivity contribution in [1.82, 2.24) is 5.43 Å². The third kappa shape index (κ3) is 7.53. The maximum Gasteiger partial charge on any atom is 0.271 e. The molecule has 0 aliphatic rings. The number of hydrazone groups is 1. The normalized spacial score (nSPS) is 11.0. The van der Waals surface area contributed by atoms with Crippen LogP contribution < -0.4 is 24.4 Å². The maximum atomic E-state index is 12.8. The number of halogens is 1. The lowest BCUT2D eigenvalue weighted by Crippen LogP contribution is -2.17. The van der Waals surface area contributed by atoms with Gasteiger partial charge < -0.3 is 18.9 Å². The number of amides is 1. The summed E-state index contributed by atoms with van der Waals surface area (Å²) in [5.74, 6) is 2.10. The Morgan fingerprint density at radius 2 is 1.56 bits per heavy atom. The SMILES string of the molecule is CCOc1cc(COc2c(Br)cc(/C=N/NC(=O)c3cccc4ccccc34)cc2OC)ccc1OCc1ccccc1. The summed E-state index contributed by atoms with van der Waals surface area (Å²) in [6.07, 6.45) is 1.56. The molecule has 0 aliphatic carbocycles. The van der Waals surface area contributed by atoms with Crippen molar-refractivity contribution in [2.75, 3.05) is 13.7 Å². The zero-order valence-corrected chi connectivity index (χ0v) is 25.5. The highest BCUT2D eigenvalue weighted by Crippen LogP contribution is 2.37. The lowest BCUT2D eigenvalue weighted by Gasteiger charge is -2.16. The molecule has 218 valence electrons. The highest BCUT2D eigenvalue weighted by Gasteiger charge is 2.14. The summed E-state index contributed by atoms with van der Waals surface area (Å²) < 4.78 is 24.3. The van der Waals surface area contributed by atoms with Crippen LogP contribution in [0.2, 0.25) is 0 Å². The first-order valence-electron chi connectivity index (χ1n) is 13.8. The zero-order valence-electron chi connectivity index (χ0n) is 23.9. The van der Waals surface area contributed by atoms with E-state index < -0.39 is 0 Å². The van der Waals surface area contributed by atoms with Crippen LogP contribution >= 0.6 is 15.9 Å². The van der Waals surface area contributed by atoms with Gasteiger partial charge in [-0.05, 0) is 80.6 Å². The molecule has 0 saturated heterocycles. The van der Waals surface area contributed by atoms with Crippen molar-refractivity contribution in [3.8, 4) is 23.0 Å². The summed E-state index contributed by atoms with van der Waals surface area (Å²) in [6, 6.07) is 32.7. The summed E-state index contributed by atoms with van der Waals surface area (Å²) in [5, 5.41) is 6.02. The number of ether oxygens (including phenoxy) is 4. The molecule has 0 aliphatic heterocycles. The molecule has 0 unspecified atom stereocenters. The van der Waals surface area contributed by atoms with Crippen molar-refractivity contribution in [2.45, 2.75) is 20.1 Å². The van der Waals surface area contributed by atoms with Gasteiger partial charge in [-0.15, -0.1) is 0 Å². The van der Waals surface area contributed by atoms with Crippen molar-refractivity contribution in [3.63, 3.8) is 0 Å². The Labute approximate surface area is 259 Å². The van der Waals surface area contributed by atoms with E-state index in [4.69, 9.17) is 18.9 Å². The van der Waals surface area contributed by atoms with Gasteiger partial charge in [-0.25, -0.2) is 5.43 Å². The molecule has 0 radical (unpaired) electrons. The van der Waals surface area contributed by atoms with Crippen LogP contribution in [0.1, 0.15) is 34.0 Å². The molecule has 43 heavy (non-hydrogen) atoms. The lowest BCUT2D eigenvalue weighted by molar-refractivity contribution is 0.0957. The first-order chi connectivity index (χ1) is 21.1. The van der Waals surface area contributed by atoms with Crippen LogP contribution in [0.5, 0.6) is 23.0 Å². The molecule has 8 heteroatoms. The minimum absolute atomic E-state index is 0.280. The van der Waals surface area contributed by atoms with Gasteiger partial charge in [0.15, 0.2) is 23.0 Å². The van der Waals surface area contributed by atoms with Crippen LogP contribution in [0.15, 0.2) is 113 Å². The molecule has 0 atom stereocenters. The standard InChI is InChI=1S/C35H31BrN2O5/c1-3-41-32-19-25(16-17-31(32)42-22-24-10-5-4-6-11-24)23-43-34-30(36)18-26(20-33(34)40-2)21-37-38-35(39)29-15-9-13-27-12-7-8-14-28(27)29/h4-21H,3,22-23H2,1-2H3,(H,38,39)/b37-21+. The van der Waals surface area contributed by atoms with Crippen LogP contribution in [-0.4, -0.2) is 25.8 Å². The second kappa shape index (κ2) is 14.4. The average Bonchev–Trinajstić information content (AvgIpc) is 3.04. The molecule has 5 rings (SSSR count). The Morgan fingerprint density at radius 1 is 0.791 bits per heavy atom. The largest absolute Gasteiger partial charge is 0.493 e. The van der Waals surface area contributed by atoms with E-state index in [-0.39, 0.29) is 12.5 Å². The van der Waals surface area contributed by atoms with E-state index in [1.54, 1.807) is 25.5 Å². The van der Waals surface area contributed by atoms with Crippen molar-refractivity contribution in [3.05, 3.63) is 130 Å². The van der Waals surface area contributed by atoms with Gasteiger partial charge >= 0.3 is 0 Å². The third-order valence-electron chi connectivity index (χ3n) is 6.59. The van der Waals surface area contributed by atoms with Crippen LogP contribution in [0.3, 0.4) is 0 Å². The van der Waals surface area contributed by atoms with E-state index in [0.29, 0.717) is 51.8 Å². The zero-order chi connectivity index (χ0) is 30.0. The van der Waals surface area contributed by atoms with E-state index in [0.717, 1.165) is 21.9 Å². The third-order valence-corrected chi connectivity index (χ3v) is 7.18. The molecule has 0 aromatic heterocycles. The number of rotatable bonds is 12. The van der Waals surface area contributed by atoms with E-state index in [9.17, 15) is 4.79 Å². The van der Waals surface area contributed by atoms with E-state index in [1.807, 2.05) is 97.9 Å². The summed E-state index contributed by atoms with van der Waals surface area (Å²) >= 11 is 3.59. The molecule has 1 N–H and O–H groups in total. The molecule has 0 heterocycles. The fraction of sp³-hybridized carbons (Fsp3) is 0.143. The molecule has 5 aromatic carbocycles. The Morgan fingerprint density at radius 3 is 2.37 bits per heavy atom. The molecule has 1 amide bonds. The van der Waals surface area contributed by atoms with E-state index in [2.05, 4.69) is 26.5 Å².